The monoisotopic (exact) mass is 428 g/mol. The summed E-state index contributed by atoms with van der Waals surface area (Å²) in [5.74, 6) is -0.832. The highest BCUT2D eigenvalue weighted by molar-refractivity contribution is 6.31. The SMILES string of the molecule is O=C(NCC(F)(F)F)c1cc(C2CCN(C(=O)Cc3ccccc3Cl)CC2)[nH]n1. The number of aromatic amines is 1. The molecule has 1 aromatic carbocycles. The number of nitrogens with zero attached hydrogens (tertiary/aromatic N) is 2. The van der Waals surface area contributed by atoms with Crippen LogP contribution >= 0.6 is 11.6 Å². The standard InChI is InChI=1S/C19H20ClF3N4O2/c20-14-4-2-1-3-13(14)9-17(28)27-7-5-12(6-8-27)15-10-16(26-25-15)18(29)24-11-19(21,22)23/h1-4,10,12H,5-9,11H2,(H,24,29)(H,25,26). The fourth-order valence-corrected chi connectivity index (χ4v) is 3.49. The molecule has 3 rings (SSSR count). The molecule has 156 valence electrons. The van der Waals surface area contributed by atoms with Crippen molar-refractivity contribution in [1.82, 2.24) is 20.4 Å². The highest BCUT2D eigenvalue weighted by Gasteiger charge is 2.29. The van der Waals surface area contributed by atoms with Gasteiger partial charge in [-0.2, -0.15) is 18.3 Å². The van der Waals surface area contributed by atoms with E-state index in [1.807, 2.05) is 18.2 Å². The predicted molar refractivity (Wildman–Crippen MR) is 101 cm³/mol. The van der Waals surface area contributed by atoms with Gasteiger partial charge in [-0.1, -0.05) is 29.8 Å². The molecule has 29 heavy (non-hydrogen) atoms. The molecule has 1 fully saturated rings. The van der Waals surface area contributed by atoms with Gasteiger partial charge >= 0.3 is 6.18 Å². The van der Waals surface area contributed by atoms with Crippen LogP contribution < -0.4 is 5.32 Å². The van der Waals surface area contributed by atoms with Crippen molar-refractivity contribution in [2.24, 2.45) is 0 Å². The maximum absolute atomic E-state index is 12.5. The number of piperidine rings is 1. The summed E-state index contributed by atoms with van der Waals surface area (Å²) in [6, 6.07) is 8.68. The van der Waals surface area contributed by atoms with Crippen molar-refractivity contribution in [1.29, 1.82) is 0 Å². The number of likely N-dealkylation sites (tertiary alicyclic amines) is 1. The number of benzene rings is 1. The minimum Gasteiger partial charge on any atom is -0.342 e. The largest absolute Gasteiger partial charge is 0.405 e. The summed E-state index contributed by atoms with van der Waals surface area (Å²) in [7, 11) is 0. The molecular formula is C19H20ClF3N4O2. The van der Waals surface area contributed by atoms with Crippen LogP contribution in [0, 0.1) is 0 Å². The molecule has 6 nitrogen and oxygen atoms in total. The first-order valence-corrected chi connectivity index (χ1v) is 9.52. The highest BCUT2D eigenvalue weighted by Crippen LogP contribution is 2.28. The number of halogens is 4. The molecule has 0 bridgehead atoms. The van der Waals surface area contributed by atoms with Crippen LogP contribution in [0.15, 0.2) is 30.3 Å². The third kappa shape index (κ3) is 5.72. The summed E-state index contributed by atoms with van der Waals surface area (Å²) < 4.78 is 36.6. The second-order valence-electron chi connectivity index (χ2n) is 6.93. The van der Waals surface area contributed by atoms with Gasteiger partial charge < -0.3 is 10.2 Å². The first-order chi connectivity index (χ1) is 13.7. The van der Waals surface area contributed by atoms with E-state index >= 15 is 0 Å². The van der Waals surface area contributed by atoms with E-state index in [4.69, 9.17) is 11.6 Å². The Kier molecular flexibility index (Phi) is 6.46. The van der Waals surface area contributed by atoms with E-state index in [0.29, 0.717) is 36.6 Å². The topological polar surface area (TPSA) is 78.1 Å². The van der Waals surface area contributed by atoms with Crippen LogP contribution in [-0.4, -0.2) is 52.7 Å². The number of hydrogen-bond donors (Lipinski definition) is 2. The van der Waals surface area contributed by atoms with E-state index in [1.54, 1.807) is 16.3 Å². The quantitative estimate of drug-likeness (QED) is 0.767. The van der Waals surface area contributed by atoms with E-state index < -0.39 is 18.6 Å². The number of amides is 2. The van der Waals surface area contributed by atoms with Gasteiger partial charge in [0.15, 0.2) is 0 Å². The number of H-pyrrole nitrogens is 1. The Balaban J connectivity index is 1.52. The lowest BCUT2D eigenvalue weighted by Crippen LogP contribution is -2.38. The second kappa shape index (κ2) is 8.86. The Hall–Kier alpha value is -2.55. The molecule has 0 unspecified atom stereocenters. The first kappa shape index (κ1) is 21.2. The zero-order valence-corrected chi connectivity index (χ0v) is 16.2. The van der Waals surface area contributed by atoms with Gasteiger partial charge in [0.1, 0.15) is 12.2 Å². The third-order valence-corrected chi connectivity index (χ3v) is 5.24. The van der Waals surface area contributed by atoms with E-state index in [2.05, 4.69) is 10.2 Å². The third-order valence-electron chi connectivity index (χ3n) is 4.87. The summed E-state index contributed by atoms with van der Waals surface area (Å²) in [4.78, 5) is 26.1. The van der Waals surface area contributed by atoms with Crippen molar-refractivity contribution in [3.05, 3.63) is 52.3 Å². The maximum Gasteiger partial charge on any atom is 0.405 e. The molecule has 1 aliphatic rings. The molecule has 0 radical (unpaired) electrons. The Morgan fingerprint density at radius 3 is 2.59 bits per heavy atom. The maximum atomic E-state index is 12.5. The molecule has 0 atom stereocenters. The van der Waals surface area contributed by atoms with E-state index in [-0.39, 0.29) is 23.9 Å². The average Bonchev–Trinajstić information content (AvgIpc) is 3.18. The summed E-state index contributed by atoms with van der Waals surface area (Å²) >= 11 is 6.11. The van der Waals surface area contributed by atoms with Gasteiger partial charge in [0.2, 0.25) is 5.91 Å². The molecule has 1 aliphatic heterocycles. The van der Waals surface area contributed by atoms with Crippen LogP contribution in [0.4, 0.5) is 13.2 Å². The molecule has 0 aliphatic carbocycles. The zero-order chi connectivity index (χ0) is 21.0. The number of alkyl halides is 3. The van der Waals surface area contributed by atoms with Crippen molar-refractivity contribution in [2.45, 2.75) is 31.4 Å². The van der Waals surface area contributed by atoms with Crippen LogP contribution in [0.2, 0.25) is 5.02 Å². The molecule has 2 N–H and O–H groups in total. The molecule has 2 amide bonds. The molecule has 2 aromatic rings. The van der Waals surface area contributed by atoms with Crippen LogP contribution in [0.5, 0.6) is 0 Å². The number of hydrogen-bond acceptors (Lipinski definition) is 3. The molecule has 1 saturated heterocycles. The van der Waals surface area contributed by atoms with Crippen molar-refractivity contribution in [3.63, 3.8) is 0 Å². The summed E-state index contributed by atoms with van der Waals surface area (Å²) in [6.45, 7) is -0.314. The lowest BCUT2D eigenvalue weighted by molar-refractivity contribution is -0.131. The molecule has 0 saturated carbocycles. The Bertz CT molecular complexity index is 876. The van der Waals surface area contributed by atoms with Crippen LogP contribution in [0.1, 0.15) is 40.5 Å². The smallest absolute Gasteiger partial charge is 0.342 e. The Morgan fingerprint density at radius 2 is 1.93 bits per heavy atom. The van der Waals surface area contributed by atoms with Crippen molar-refractivity contribution in [2.75, 3.05) is 19.6 Å². The Labute approximate surface area is 170 Å². The number of nitrogens with one attached hydrogen (secondary N) is 2. The van der Waals surface area contributed by atoms with E-state index in [0.717, 1.165) is 5.56 Å². The van der Waals surface area contributed by atoms with Crippen LogP contribution in [0.25, 0.3) is 0 Å². The van der Waals surface area contributed by atoms with Gasteiger partial charge in [-0.15, -0.1) is 0 Å². The van der Waals surface area contributed by atoms with Crippen LogP contribution in [-0.2, 0) is 11.2 Å². The summed E-state index contributed by atoms with van der Waals surface area (Å²) in [5.41, 5.74) is 1.38. The predicted octanol–water partition coefficient (Wildman–Crippen LogP) is 3.30. The van der Waals surface area contributed by atoms with Gasteiger partial charge in [0, 0.05) is 29.7 Å². The van der Waals surface area contributed by atoms with E-state index in [1.165, 1.54) is 6.07 Å². The van der Waals surface area contributed by atoms with Gasteiger partial charge in [-0.3, -0.25) is 14.7 Å². The average molecular weight is 429 g/mol. The number of carbonyl (C=O) groups is 2. The first-order valence-electron chi connectivity index (χ1n) is 9.14. The van der Waals surface area contributed by atoms with Gasteiger partial charge in [-0.05, 0) is 30.5 Å². The number of aromatic nitrogens is 2. The molecular weight excluding hydrogens is 409 g/mol. The zero-order valence-electron chi connectivity index (χ0n) is 15.4. The number of rotatable bonds is 5. The summed E-state index contributed by atoms with van der Waals surface area (Å²) in [6.07, 6.45) is -2.91. The van der Waals surface area contributed by atoms with Gasteiger partial charge in [0.25, 0.3) is 5.91 Å². The van der Waals surface area contributed by atoms with Gasteiger partial charge in [-0.25, -0.2) is 0 Å². The lowest BCUT2D eigenvalue weighted by Gasteiger charge is -2.31. The van der Waals surface area contributed by atoms with Gasteiger partial charge in [0.05, 0.1) is 6.42 Å². The molecule has 2 heterocycles. The Morgan fingerprint density at radius 1 is 1.24 bits per heavy atom. The lowest BCUT2D eigenvalue weighted by atomic mass is 9.93. The second-order valence-corrected chi connectivity index (χ2v) is 7.34. The number of carbonyl (C=O) groups excluding carboxylic acids is 2. The van der Waals surface area contributed by atoms with Crippen LogP contribution in [0.3, 0.4) is 0 Å². The van der Waals surface area contributed by atoms with Crippen molar-refractivity contribution in [3.8, 4) is 0 Å². The molecule has 10 heteroatoms. The van der Waals surface area contributed by atoms with Crippen molar-refractivity contribution < 1.29 is 22.8 Å². The van der Waals surface area contributed by atoms with E-state index in [9.17, 15) is 22.8 Å². The normalized spacial score (nSPS) is 15.4. The fourth-order valence-electron chi connectivity index (χ4n) is 3.29. The van der Waals surface area contributed by atoms with Crippen molar-refractivity contribution >= 4 is 23.4 Å². The fraction of sp³-hybridized carbons (Fsp3) is 0.421. The summed E-state index contributed by atoms with van der Waals surface area (Å²) in [5, 5.41) is 8.90. The minimum absolute atomic E-state index is 0.00613. The molecule has 0 spiro atoms. The highest BCUT2D eigenvalue weighted by atomic mass is 35.5. The molecule has 1 aromatic heterocycles. The minimum atomic E-state index is -4.47.